The first-order chi connectivity index (χ1) is 7.91. The van der Waals surface area contributed by atoms with Gasteiger partial charge in [-0.15, -0.1) is 0 Å². The van der Waals surface area contributed by atoms with Crippen LogP contribution in [0.25, 0.3) is 0 Å². The van der Waals surface area contributed by atoms with Crippen LogP contribution in [0.5, 0.6) is 0 Å². The van der Waals surface area contributed by atoms with Gasteiger partial charge in [0.15, 0.2) is 0 Å². The maximum Gasteiger partial charge on any atom is 0.239 e. The highest BCUT2D eigenvalue weighted by Crippen LogP contribution is 2.23. The Hall–Kier alpha value is -1.49. The molecule has 1 heterocycles. The van der Waals surface area contributed by atoms with E-state index in [1.54, 1.807) is 43.3 Å². The zero-order valence-corrected chi connectivity index (χ0v) is 11.1. The van der Waals surface area contributed by atoms with E-state index in [2.05, 4.69) is 4.98 Å². The average molecular weight is 251 g/mol. The van der Waals surface area contributed by atoms with Crippen LogP contribution in [0.3, 0.4) is 0 Å². The molecule has 0 aliphatic heterocycles. The Kier molecular flexibility index (Phi) is 4.17. The molecule has 0 unspecified atom stereocenters. The molecule has 17 heavy (non-hydrogen) atoms. The number of nitrogens with zero attached hydrogens (tertiary/aromatic N) is 2. The molecule has 0 saturated carbocycles. The lowest BCUT2D eigenvalue weighted by atomic mass is 9.91. The van der Waals surface area contributed by atoms with Crippen molar-refractivity contribution in [2.45, 2.75) is 20.8 Å². The quantitative estimate of drug-likeness (QED) is 0.828. The van der Waals surface area contributed by atoms with Crippen LogP contribution in [-0.4, -0.2) is 22.4 Å². The topological polar surface area (TPSA) is 59.2 Å². The van der Waals surface area contributed by atoms with Crippen molar-refractivity contribution in [1.29, 1.82) is 0 Å². The molecule has 0 aromatic carbocycles. The highest BCUT2D eigenvalue weighted by Gasteiger charge is 2.34. The van der Waals surface area contributed by atoms with Crippen LogP contribution in [0.1, 0.15) is 20.8 Å². The normalized spacial score (nSPS) is 11.0. The van der Waals surface area contributed by atoms with E-state index in [0.717, 1.165) is 5.69 Å². The molecule has 0 aliphatic rings. The third-order valence-electron chi connectivity index (χ3n) is 2.69. The first kappa shape index (κ1) is 13.6. The summed E-state index contributed by atoms with van der Waals surface area (Å²) in [4.78, 5) is 18.2. The summed E-state index contributed by atoms with van der Waals surface area (Å²) in [6.45, 7) is 5.95. The fourth-order valence-electron chi connectivity index (χ4n) is 1.41. The highest BCUT2D eigenvalue weighted by atomic mass is 32.1. The Balaban J connectivity index is 3.05. The van der Waals surface area contributed by atoms with Gasteiger partial charge in [-0.05, 0) is 32.9 Å². The van der Waals surface area contributed by atoms with Crippen molar-refractivity contribution in [3.8, 4) is 0 Å². The minimum Gasteiger partial charge on any atom is -0.392 e. The van der Waals surface area contributed by atoms with Gasteiger partial charge in [-0.1, -0.05) is 12.2 Å². The van der Waals surface area contributed by atoms with Crippen LogP contribution in [0, 0.1) is 5.41 Å². The number of pyridine rings is 1. The lowest BCUT2D eigenvalue weighted by molar-refractivity contribution is -0.123. The van der Waals surface area contributed by atoms with Gasteiger partial charge in [-0.3, -0.25) is 9.78 Å². The van der Waals surface area contributed by atoms with Crippen LogP contribution in [0.4, 0.5) is 5.69 Å². The minimum atomic E-state index is -0.839. The SMILES string of the molecule is CCN(C(=O)C(C)(C)C(N)=S)c1ccncc1. The lowest BCUT2D eigenvalue weighted by Gasteiger charge is -2.30. The maximum absolute atomic E-state index is 12.4. The minimum absolute atomic E-state index is 0.0984. The maximum atomic E-state index is 12.4. The first-order valence-corrected chi connectivity index (χ1v) is 5.84. The molecule has 0 fully saturated rings. The summed E-state index contributed by atoms with van der Waals surface area (Å²) in [6.07, 6.45) is 3.30. The predicted octanol–water partition coefficient (Wildman–Crippen LogP) is 1.75. The summed E-state index contributed by atoms with van der Waals surface area (Å²) in [5.74, 6) is -0.0984. The van der Waals surface area contributed by atoms with E-state index >= 15 is 0 Å². The van der Waals surface area contributed by atoms with E-state index in [0.29, 0.717) is 6.54 Å². The van der Waals surface area contributed by atoms with E-state index in [1.807, 2.05) is 6.92 Å². The number of carbonyl (C=O) groups is 1. The van der Waals surface area contributed by atoms with Crippen LogP contribution in [0.15, 0.2) is 24.5 Å². The molecule has 2 N–H and O–H groups in total. The van der Waals surface area contributed by atoms with E-state index in [1.165, 1.54) is 0 Å². The van der Waals surface area contributed by atoms with Gasteiger partial charge in [0.1, 0.15) is 0 Å². The largest absolute Gasteiger partial charge is 0.392 e. The molecule has 1 aromatic heterocycles. The first-order valence-electron chi connectivity index (χ1n) is 5.43. The summed E-state index contributed by atoms with van der Waals surface area (Å²) >= 11 is 4.94. The number of nitrogens with two attached hydrogens (primary N) is 1. The lowest BCUT2D eigenvalue weighted by Crippen LogP contribution is -2.47. The molecule has 0 atom stereocenters. The molecule has 1 amide bonds. The molecule has 92 valence electrons. The monoisotopic (exact) mass is 251 g/mol. The van der Waals surface area contributed by atoms with Gasteiger partial charge in [0, 0.05) is 24.6 Å². The smallest absolute Gasteiger partial charge is 0.239 e. The van der Waals surface area contributed by atoms with Gasteiger partial charge in [-0.25, -0.2) is 0 Å². The van der Waals surface area contributed by atoms with Crippen molar-refractivity contribution in [2.24, 2.45) is 11.1 Å². The van der Waals surface area contributed by atoms with E-state index in [4.69, 9.17) is 18.0 Å². The van der Waals surface area contributed by atoms with E-state index in [9.17, 15) is 4.79 Å². The highest BCUT2D eigenvalue weighted by molar-refractivity contribution is 7.80. The molecular weight excluding hydrogens is 234 g/mol. The molecule has 5 heteroatoms. The zero-order chi connectivity index (χ0) is 13.1. The Morgan fingerprint density at radius 1 is 1.47 bits per heavy atom. The van der Waals surface area contributed by atoms with Crippen molar-refractivity contribution in [3.05, 3.63) is 24.5 Å². The molecule has 1 rings (SSSR count). The number of carbonyl (C=O) groups excluding carboxylic acids is 1. The van der Waals surface area contributed by atoms with Crippen molar-refractivity contribution < 1.29 is 4.79 Å². The van der Waals surface area contributed by atoms with E-state index in [-0.39, 0.29) is 10.9 Å². The predicted molar refractivity (Wildman–Crippen MR) is 72.8 cm³/mol. The molecule has 4 nitrogen and oxygen atoms in total. The zero-order valence-electron chi connectivity index (χ0n) is 10.3. The molecular formula is C12H17N3OS. The standard InChI is InChI=1S/C12H17N3OS/c1-4-15(9-5-7-14-8-6-9)11(16)12(2,3)10(13)17/h5-8H,4H2,1-3H3,(H2,13,17). The Morgan fingerprint density at radius 2 is 2.00 bits per heavy atom. The van der Waals surface area contributed by atoms with Crippen molar-refractivity contribution in [1.82, 2.24) is 4.98 Å². The molecule has 0 saturated heterocycles. The Morgan fingerprint density at radius 3 is 2.41 bits per heavy atom. The van der Waals surface area contributed by atoms with Crippen molar-refractivity contribution >= 4 is 28.8 Å². The van der Waals surface area contributed by atoms with Crippen LogP contribution in [-0.2, 0) is 4.79 Å². The average Bonchev–Trinajstić information content (AvgIpc) is 2.31. The number of aromatic nitrogens is 1. The second-order valence-corrected chi connectivity index (χ2v) is 4.68. The number of hydrogen-bond donors (Lipinski definition) is 1. The summed E-state index contributed by atoms with van der Waals surface area (Å²) < 4.78 is 0. The third kappa shape index (κ3) is 2.79. The summed E-state index contributed by atoms with van der Waals surface area (Å²) in [7, 11) is 0. The molecule has 0 spiro atoms. The third-order valence-corrected chi connectivity index (χ3v) is 3.20. The molecule has 0 radical (unpaired) electrons. The second-order valence-electron chi connectivity index (χ2n) is 4.24. The second kappa shape index (κ2) is 5.23. The van der Waals surface area contributed by atoms with Crippen molar-refractivity contribution in [2.75, 3.05) is 11.4 Å². The Labute approximate surface area is 107 Å². The van der Waals surface area contributed by atoms with Gasteiger partial charge in [0.25, 0.3) is 0 Å². The fourth-order valence-corrected chi connectivity index (χ4v) is 1.50. The van der Waals surface area contributed by atoms with Gasteiger partial charge in [-0.2, -0.15) is 0 Å². The summed E-state index contributed by atoms with van der Waals surface area (Å²) in [5.41, 5.74) is 5.58. The number of hydrogen-bond acceptors (Lipinski definition) is 3. The molecule has 0 bridgehead atoms. The van der Waals surface area contributed by atoms with E-state index < -0.39 is 5.41 Å². The van der Waals surface area contributed by atoms with Crippen LogP contribution in [0.2, 0.25) is 0 Å². The van der Waals surface area contributed by atoms with Crippen LogP contribution < -0.4 is 10.6 Å². The van der Waals surface area contributed by atoms with Crippen LogP contribution >= 0.6 is 12.2 Å². The number of anilines is 1. The summed E-state index contributed by atoms with van der Waals surface area (Å²) in [5, 5.41) is 0. The van der Waals surface area contributed by atoms with Gasteiger partial charge < -0.3 is 10.6 Å². The summed E-state index contributed by atoms with van der Waals surface area (Å²) in [6, 6.07) is 3.58. The molecule has 0 aliphatic carbocycles. The molecule has 1 aromatic rings. The fraction of sp³-hybridized carbons (Fsp3) is 0.417. The van der Waals surface area contributed by atoms with Crippen molar-refractivity contribution in [3.63, 3.8) is 0 Å². The van der Waals surface area contributed by atoms with Gasteiger partial charge in [0.2, 0.25) is 5.91 Å². The number of amides is 1. The van der Waals surface area contributed by atoms with Gasteiger partial charge in [0.05, 0.1) is 10.4 Å². The Bertz CT molecular complexity index is 417. The number of rotatable bonds is 4. The number of thiocarbonyl (C=S) groups is 1. The van der Waals surface area contributed by atoms with Gasteiger partial charge >= 0.3 is 0 Å².